The van der Waals surface area contributed by atoms with E-state index < -0.39 is 11.7 Å². The molecule has 0 fully saturated rings. The van der Waals surface area contributed by atoms with Crippen LogP contribution in [0.5, 0.6) is 0 Å². The molecule has 1 unspecified atom stereocenters. The monoisotopic (exact) mass is 303 g/mol. The van der Waals surface area contributed by atoms with Crippen LogP contribution in [-0.4, -0.2) is 11.6 Å². The molecule has 1 heterocycles. The third-order valence-corrected chi connectivity index (χ3v) is 1.49. The Balaban J connectivity index is 0. The molecule has 1 aromatic heterocycles. The average Bonchev–Trinajstić information content (AvgIpc) is 2.23. The fourth-order valence-corrected chi connectivity index (χ4v) is 0.944. The second kappa shape index (κ2) is 9.10. The molecule has 0 aliphatic heterocycles. The van der Waals surface area contributed by atoms with Gasteiger partial charge >= 0.3 is 6.18 Å². The smallest absolute Gasteiger partial charge is 0.249 e. The minimum atomic E-state index is -4.29. The summed E-state index contributed by atoms with van der Waals surface area (Å²) < 4.78 is 35.9. The summed E-state index contributed by atoms with van der Waals surface area (Å²) in [6.45, 7) is 5.92. The van der Waals surface area contributed by atoms with Gasteiger partial charge in [0.25, 0.3) is 0 Å². The zero-order valence-corrected chi connectivity index (χ0v) is 11.5. The van der Waals surface area contributed by atoms with Crippen LogP contribution in [0, 0.1) is 0 Å². The Morgan fingerprint density at radius 2 is 1.73 bits per heavy atom. The van der Waals surface area contributed by atoms with Crippen LogP contribution < -0.4 is 0 Å². The molecule has 0 radical (unpaired) electrons. The molecular formula is C9H14BrF3NP. The molecule has 0 aliphatic carbocycles. The first kappa shape index (κ1) is 17.3. The number of pyridine rings is 1. The molecule has 6 heteroatoms. The largest absolute Gasteiger partial charge is 0.416 e. The second-order valence-electron chi connectivity index (χ2n) is 1.86. The highest BCUT2D eigenvalue weighted by atomic mass is 79.9. The minimum Gasteiger partial charge on any atom is -0.249 e. The van der Waals surface area contributed by atoms with E-state index in [2.05, 4.69) is 30.2 Å². The highest BCUT2D eigenvalue weighted by Crippen LogP contribution is 2.29. The van der Waals surface area contributed by atoms with E-state index >= 15 is 0 Å². The lowest BCUT2D eigenvalue weighted by Crippen LogP contribution is -2.04. The van der Waals surface area contributed by atoms with E-state index in [0.29, 0.717) is 0 Å². The average molecular weight is 304 g/mol. The fourth-order valence-electron chi connectivity index (χ4n) is 0.579. The summed E-state index contributed by atoms with van der Waals surface area (Å²) >= 11 is 2.84. The highest BCUT2D eigenvalue weighted by molar-refractivity contribution is 9.10. The number of aromatic nitrogens is 1. The predicted molar refractivity (Wildman–Crippen MR) is 63.9 cm³/mol. The number of nitrogens with zero attached hydrogens (tertiary/aromatic N) is 1. The van der Waals surface area contributed by atoms with Crippen LogP contribution in [-0.2, 0) is 6.18 Å². The van der Waals surface area contributed by atoms with Crippen LogP contribution in [0.4, 0.5) is 13.2 Å². The molecule has 1 aromatic rings. The van der Waals surface area contributed by atoms with Gasteiger partial charge in [0.15, 0.2) is 0 Å². The van der Waals surface area contributed by atoms with Gasteiger partial charge in [-0.2, -0.15) is 13.2 Å². The van der Waals surface area contributed by atoms with Gasteiger partial charge in [0, 0.05) is 6.20 Å². The molecule has 0 amide bonds. The van der Waals surface area contributed by atoms with Gasteiger partial charge in [-0.3, -0.25) is 0 Å². The van der Waals surface area contributed by atoms with Gasteiger partial charge in [0.1, 0.15) is 4.60 Å². The molecule has 0 saturated heterocycles. The van der Waals surface area contributed by atoms with E-state index in [1.165, 1.54) is 0 Å². The van der Waals surface area contributed by atoms with Crippen molar-refractivity contribution in [3.8, 4) is 0 Å². The minimum absolute atomic E-state index is 0.187. The lowest BCUT2D eigenvalue weighted by Gasteiger charge is -2.04. The maximum Gasteiger partial charge on any atom is 0.416 e. The summed E-state index contributed by atoms with van der Waals surface area (Å²) in [4.78, 5) is 3.57. The van der Waals surface area contributed by atoms with Crippen LogP contribution >= 0.6 is 25.2 Å². The highest BCUT2D eigenvalue weighted by Gasteiger charge is 2.30. The van der Waals surface area contributed by atoms with Crippen LogP contribution in [0.1, 0.15) is 19.4 Å². The maximum atomic E-state index is 11.9. The van der Waals surface area contributed by atoms with Crippen LogP contribution in [0.2, 0.25) is 0 Å². The molecule has 1 nitrogen and oxygen atoms in total. The summed E-state index contributed by atoms with van der Waals surface area (Å²) in [7, 11) is 2.42. The quantitative estimate of drug-likeness (QED) is 0.512. The van der Waals surface area contributed by atoms with Crippen molar-refractivity contribution in [1.82, 2.24) is 4.98 Å². The summed E-state index contributed by atoms with van der Waals surface area (Å²) in [6, 6.07) is 1.85. The van der Waals surface area contributed by atoms with E-state index in [-0.39, 0.29) is 4.60 Å². The topological polar surface area (TPSA) is 12.9 Å². The lowest BCUT2D eigenvalue weighted by molar-refractivity contribution is -0.137. The molecule has 0 bridgehead atoms. The van der Waals surface area contributed by atoms with Crippen molar-refractivity contribution in [2.24, 2.45) is 0 Å². The zero-order chi connectivity index (χ0) is 12.5. The Kier molecular flexibility index (Phi) is 10.5. The number of hydrogen-bond acceptors (Lipinski definition) is 1. The predicted octanol–water partition coefficient (Wildman–Crippen LogP) is 4.38. The van der Waals surface area contributed by atoms with Crippen molar-refractivity contribution < 1.29 is 13.2 Å². The Labute approximate surface area is 98.8 Å². The molecule has 0 saturated carbocycles. The Morgan fingerprint density at radius 3 is 2.00 bits per heavy atom. The number of hydrogen-bond donors (Lipinski definition) is 0. The van der Waals surface area contributed by atoms with Gasteiger partial charge in [0.2, 0.25) is 0 Å². The van der Waals surface area contributed by atoms with Crippen molar-refractivity contribution in [2.45, 2.75) is 20.0 Å². The molecular weight excluding hydrogens is 290 g/mol. The second-order valence-corrected chi connectivity index (χ2v) is 2.68. The maximum absolute atomic E-state index is 11.9. The first-order valence-electron chi connectivity index (χ1n) is 4.26. The molecule has 0 spiro atoms. The molecule has 0 aromatic carbocycles. The fraction of sp³-hybridized carbons (Fsp3) is 0.444. The number of rotatable bonds is 0. The third-order valence-electron chi connectivity index (χ3n) is 1.05. The van der Waals surface area contributed by atoms with E-state index in [1.54, 1.807) is 0 Å². The standard InChI is InChI=1S/C6H3BrF3N.C2H6.CH5P/c7-5-3-4(1-2-11-5)6(8,9)10;2*1-2/h1-3H;1-2H3;2H2,1H3. The molecule has 0 aliphatic rings. The Morgan fingerprint density at radius 1 is 1.27 bits per heavy atom. The van der Waals surface area contributed by atoms with Gasteiger partial charge in [-0.15, -0.1) is 9.24 Å². The van der Waals surface area contributed by atoms with E-state index in [9.17, 15) is 13.2 Å². The molecule has 1 rings (SSSR count). The normalized spacial score (nSPS) is 9.33. The van der Waals surface area contributed by atoms with Crippen LogP contribution in [0.3, 0.4) is 0 Å². The van der Waals surface area contributed by atoms with E-state index in [1.807, 2.05) is 20.5 Å². The van der Waals surface area contributed by atoms with Crippen molar-refractivity contribution in [3.05, 3.63) is 28.5 Å². The first-order chi connectivity index (χ1) is 7.00. The van der Waals surface area contributed by atoms with Crippen molar-refractivity contribution >= 4 is 25.2 Å². The van der Waals surface area contributed by atoms with Gasteiger partial charge < -0.3 is 0 Å². The SMILES string of the molecule is CC.CP.FC(F)(F)c1ccnc(Br)c1. The van der Waals surface area contributed by atoms with Gasteiger partial charge in [-0.05, 0) is 28.1 Å². The van der Waals surface area contributed by atoms with Gasteiger partial charge in [-0.1, -0.05) is 20.5 Å². The first-order valence-corrected chi connectivity index (χ1v) is 6.21. The number of alkyl halides is 3. The van der Waals surface area contributed by atoms with Crippen LogP contribution in [0.25, 0.3) is 0 Å². The van der Waals surface area contributed by atoms with Crippen molar-refractivity contribution in [2.75, 3.05) is 6.66 Å². The summed E-state index contributed by atoms with van der Waals surface area (Å²) in [5.74, 6) is 0. The molecule has 1 atom stereocenters. The molecule has 15 heavy (non-hydrogen) atoms. The van der Waals surface area contributed by atoms with E-state index in [4.69, 9.17) is 0 Å². The third kappa shape index (κ3) is 7.74. The summed E-state index contributed by atoms with van der Waals surface area (Å²) in [6.07, 6.45) is -3.18. The van der Waals surface area contributed by atoms with Gasteiger partial charge in [-0.25, -0.2) is 4.98 Å². The van der Waals surface area contributed by atoms with Crippen molar-refractivity contribution in [1.29, 1.82) is 0 Å². The summed E-state index contributed by atoms with van der Waals surface area (Å²) in [5.41, 5.74) is -0.695. The van der Waals surface area contributed by atoms with E-state index in [0.717, 1.165) is 18.3 Å². The Hall–Kier alpha value is -0.150. The molecule has 0 N–H and O–H groups in total. The Bertz CT molecular complexity index is 266. The lowest BCUT2D eigenvalue weighted by atomic mass is 10.3. The summed E-state index contributed by atoms with van der Waals surface area (Å²) in [5, 5.41) is 0. The zero-order valence-electron chi connectivity index (χ0n) is 8.77. The van der Waals surface area contributed by atoms with Crippen LogP contribution in [0.15, 0.2) is 22.9 Å². The molecule has 88 valence electrons. The number of halogens is 4. The van der Waals surface area contributed by atoms with Gasteiger partial charge in [0.05, 0.1) is 5.56 Å². The van der Waals surface area contributed by atoms with Crippen molar-refractivity contribution in [3.63, 3.8) is 0 Å².